The first kappa shape index (κ1) is 18.5. The number of aromatic nitrogens is 4. The molecule has 7 nitrogen and oxygen atoms in total. The third kappa shape index (κ3) is 3.91. The standard InChI is InChI=1S/C18H24N6OS/c1-5-23(6-2)9-14-7-19-17-15(8-20-24(17)10-14)18(25)21-12(3)16-11-26-13(4)22-16/h7-8,10-12H,5-6,9H2,1-4H3,(H,21,25). The highest BCUT2D eigenvalue weighted by Crippen LogP contribution is 2.17. The molecule has 138 valence electrons. The van der Waals surface area contributed by atoms with E-state index in [4.69, 9.17) is 0 Å². The van der Waals surface area contributed by atoms with Crippen molar-refractivity contribution in [3.8, 4) is 0 Å². The van der Waals surface area contributed by atoms with Crippen molar-refractivity contribution < 1.29 is 4.79 Å². The van der Waals surface area contributed by atoms with Crippen molar-refractivity contribution in [2.75, 3.05) is 13.1 Å². The maximum Gasteiger partial charge on any atom is 0.257 e. The second kappa shape index (κ2) is 7.92. The molecule has 3 heterocycles. The van der Waals surface area contributed by atoms with Gasteiger partial charge in [0.1, 0.15) is 5.56 Å². The Balaban J connectivity index is 1.76. The highest BCUT2D eigenvalue weighted by Gasteiger charge is 2.18. The van der Waals surface area contributed by atoms with Gasteiger partial charge in [-0.2, -0.15) is 5.10 Å². The second-order valence-electron chi connectivity index (χ2n) is 6.24. The third-order valence-electron chi connectivity index (χ3n) is 4.38. The monoisotopic (exact) mass is 372 g/mol. The van der Waals surface area contributed by atoms with Crippen LogP contribution in [0.1, 0.15) is 53.4 Å². The van der Waals surface area contributed by atoms with Crippen LogP contribution in [0.2, 0.25) is 0 Å². The smallest absolute Gasteiger partial charge is 0.257 e. The van der Waals surface area contributed by atoms with Gasteiger partial charge in [0.25, 0.3) is 5.91 Å². The minimum atomic E-state index is -0.192. The van der Waals surface area contributed by atoms with Gasteiger partial charge in [-0.05, 0) is 26.9 Å². The Kier molecular flexibility index (Phi) is 5.63. The molecule has 1 N–H and O–H groups in total. The van der Waals surface area contributed by atoms with Crippen LogP contribution >= 0.6 is 11.3 Å². The number of carbonyl (C=O) groups is 1. The fraction of sp³-hybridized carbons (Fsp3) is 0.444. The van der Waals surface area contributed by atoms with Crippen LogP contribution in [0, 0.1) is 6.92 Å². The van der Waals surface area contributed by atoms with E-state index in [1.54, 1.807) is 22.0 Å². The summed E-state index contributed by atoms with van der Waals surface area (Å²) in [5.74, 6) is -0.192. The average Bonchev–Trinajstić information content (AvgIpc) is 3.25. The average molecular weight is 372 g/mol. The SMILES string of the molecule is CCN(CC)Cc1cnc2c(C(=O)NC(C)c3csc(C)n3)cnn2c1. The minimum absolute atomic E-state index is 0.163. The Hall–Kier alpha value is -2.32. The van der Waals surface area contributed by atoms with Crippen molar-refractivity contribution in [3.05, 3.63) is 45.8 Å². The summed E-state index contributed by atoms with van der Waals surface area (Å²) in [7, 11) is 0. The minimum Gasteiger partial charge on any atom is -0.344 e. The maximum atomic E-state index is 12.6. The molecule has 3 aromatic rings. The number of aryl methyl sites for hydroxylation is 1. The lowest BCUT2D eigenvalue weighted by molar-refractivity contribution is 0.0940. The van der Waals surface area contributed by atoms with Crippen LogP contribution in [0.3, 0.4) is 0 Å². The van der Waals surface area contributed by atoms with Gasteiger partial charge in [-0.1, -0.05) is 13.8 Å². The number of nitrogens with zero attached hydrogens (tertiary/aromatic N) is 5. The Bertz CT molecular complexity index is 898. The van der Waals surface area contributed by atoms with Gasteiger partial charge in [-0.3, -0.25) is 9.69 Å². The van der Waals surface area contributed by atoms with E-state index in [2.05, 4.69) is 39.1 Å². The van der Waals surface area contributed by atoms with Gasteiger partial charge in [0.15, 0.2) is 5.65 Å². The molecule has 0 aromatic carbocycles. The van der Waals surface area contributed by atoms with E-state index < -0.39 is 0 Å². The summed E-state index contributed by atoms with van der Waals surface area (Å²) in [6, 6.07) is -0.163. The third-order valence-corrected chi connectivity index (χ3v) is 5.17. The number of thiazole rings is 1. The topological polar surface area (TPSA) is 75.4 Å². The van der Waals surface area contributed by atoms with Crippen molar-refractivity contribution in [2.24, 2.45) is 0 Å². The van der Waals surface area contributed by atoms with Crippen molar-refractivity contribution in [1.29, 1.82) is 0 Å². The molecule has 8 heteroatoms. The number of amides is 1. The van der Waals surface area contributed by atoms with Gasteiger partial charge < -0.3 is 5.32 Å². The van der Waals surface area contributed by atoms with Gasteiger partial charge in [0.2, 0.25) is 0 Å². The fourth-order valence-electron chi connectivity index (χ4n) is 2.79. The van der Waals surface area contributed by atoms with E-state index in [1.807, 2.05) is 31.6 Å². The van der Waals surface area contributed by atoms with Gasteiger partial charge in [-0.25, -0.2) is 14.5 Å². The zero-order chi connectivity index (χ0) is 18.7. The molecule has 0 fully saturated rings. The summed E-state index contributed by atoms with van der Waals surface area (Å²) in [6.07, 6.45) is 5.32. The molecule has 1 amide bonds. The molecule has 3 aromatic heterocycles. The van der Waals surface area contributed by atoms with E-state index in [-0.39, 0.29) is 11.9 Å². The molecule has 0 aliphatic rings. The Morgan fingerprint density at radius 1 is 1.35 bits per heavy atom. The van der Waals surface area contributed by atoms with E-state index in [1.165, 1.54) is 0 Å². The molecule has 1 atom stereocenters. The molecular formula is C18H24N6OS. The highest BCUT2D eigenvalue weighted by atomic mass is 32.1. The quantitative estimate of drug-likeness (QED) is 0.690. The van der Waals surface area contributed by atoms with Crippen LogP contribution in [0.4, 0.5) is 0 Å². The number of carbonyl (C=O) groups excluding carboxylic acids is 1. The Labute approximate surface area is 157 Å². The maximum absolute atomic E-state index is 12.6. The zero-order valence-electron chi connectivity index (χ0n) is 15.6. The van der Waals surface area contributed by atoms with Crippen molar-refractivity contribution in [1.82, 2.24) is 29.8 Å². The molecule has 0 aliphatic carbocycles. The van der Waals surface area contributed by atoms with Crippen molar-refractivity contribution >= 4 is 22.9 Å². The molecular weight excluding hydrogens is 348 g/mol. The summed E-state index contributed by atoms with van der Waals surface area (Å²) in [4.78, 5) is 23.8. The first-order valence-electron chi connectivity index (χ1n) is 8.79. The number of hydrogen-bond acceptors (Lipinski definition) is 6. The predicted molar refractivity (Wildman–Crippen MR) is 102 cm³/mol. The Morgan fingerprint density at radius 2 is 2.12 bits per heavy atom. The zero-order valence-corrected chi connectivity index (χ0v) is 16.4. The first-order valence-corrected chi connectivity index (χ1v) is 9.67. The van der Waals surface area contributed by atoms with E-state index in [0.717, 1.165) is 35.9 Å². The van der Waals surface area contributed by atoms with Gasteiger partial charge >= 0.3 is 0 Å². The normalized spacial score (nSPS) is 12.7. The first-order chi connectivity index (χ1) is 12.5. The molecule has 0 radical (unpaired) electrons. The van der Waals surface area contributed by atoms with Gasteiger partial charge in [0.05, 0.1) is 22.9 Å². The van der Waals surface area contributed by atoms with Crippen LogP contribution in [0.15, 0.2) is 24.0 Å². The van der Waals surface area contributed by atoms with Gasteiger partial charge in [0, 0.05) is 29.9 Å². The number of fused-ring (bicyclic) bond motifs is 1. The second-order valence-corrected chi connectivity index (χ2v) is 7.30. The van der Waals surface area contributed by atoms with Crippen LogP contribution in [0.25, 0.3) is 5.65 Å². The summed E-state index contributed by atoms with van der Waals surface area (Å²) in [5.41, 5.74) is 2.97. The predicted octanol–water partition coefficient (Wildman–Crippen LogP) is 2.83. The lowest BCUT2D eigenvalue weighted by atomic mass is 10.2. The molecule has 0 aliphatic heterocycles. The summed E-state index contributed by atoms with van der Waals surface area (Å²) >= 11 is 1.57. The molecule has 0 saturated heterocycles. The van der Waals surface area contributed by atoms with Crippen molar-refractivity contribution in [3.63, 3.8) is 0 Å². The van der Waals surface area contributed by atoms with Crippen LogP contribution < -0.4 is 5.32 Å². The molecule has 0 saturated carbocycles. The molecule has 0 bridgehead atoms. The van der Waals surface area contributed by atoms with Crippen LogP contribution in [0.5, 0.6) is 0 Å². The van der Waals surface area contributed by atoms with Gasteiger partial charge in [-0.15, -0.1) is 11.3 Å². The molecule has 26 heavy (non-hydrogen) atoms. The summed E-state index contributed by atoms with van der Waals surface area (Å²) in [5, 5.41) is 10.2. The molecule has 1 unspecified atom stereocenters. The molecule has 0 spiro atoms. The number of rotatable bonds is 7. The van der Waals surface area contributed by atoms with Crippen molar-refractivity contribution in [2.45, 2.75) is 40.3 Å². The lowest BCUT2D eigenvalue weighted by Crippen LogP contribution is -2.27. The summed E-state index contributed by atoms with van der Waals surface area (Å²) in [6.45, 7) is 10.9. The van der Waals surface area contributed by atoms with E-state index in [0.29, 0.717) is 11.2 Å². The number of nitrogens with one attached hydrogen (secondary N) is 1. The lowest BCUT2D eigenvalue weighted by Gasteiger charge is -2.17. The van der Waals surface area contributed by atoms with Crippen LogP contribution in [-0.4, -0.2) is 43.5 Å². The Morgan fingerprint density at radius 3 is 2.77 bits per heavy atom. The highest BCUT2D eigenvalue weighted by molar-refractivity contribution is 7.09. The summed E-state index contributed by atoms with van der Waals surface area (Å²) < 4.78 is 1.67. The molecule has 3 rings (SSSR count). The number of hydrogen-bond donors (Lipinski definition) is 1. The van der Waals surface area contributed by atoms with Crippen LogP contribution in [-0.2, 0) is 6.54 Å². The largest absolute Gasteiger partial charge is 0.344 e. The fourth-order valence-corrected chi connectivity index (χ4v) is 3.49. The van der Waals surface area contributed by atoms with E-state index >= 15 is 0 Å². The van der Waals surface area contributed by atoms with E-state index in [9.17, 15) is 4.79 Å².